The highest BCUT2D eigenvalue weighted by atomic mass is 16.3. The van der Waals surface area contributed by atoms with Crippen LogP contribution >= 0.6 is 0 Å². The Morgan fingerprint density at radius 2 is 2.00 bits per heavy atom. The van der Waals surface area contributed by atoms with Crippen molar-refractivity contribution in [3.8, 4) is 11.3 Å². The number of hydrogen-bond acceptors (Lipinski definition) is 6. The smallest absolute Gasteiger partial charge is 0.158 e. The number of aromatic nitrogens is 4. The number of nitrogen functional groups attached to an aromatic ring is 1. The van der Waals surface area contributed by atoms with E-state index in [1.807, 2.05) is 50.5 Å². The molecule has 7 heteroatoms. The molecule has 0 bridgehead atoms. The number of piperidine rings is 1. The zero-order chi connectivity index (χ0) is 20.7. The molecule has 0 radical (unpaired) electrons. The third kappa shape index (κ3) is 3.57. The Morgan fingerprint density at radius 3 is 2.70 bits per heavy atom. The van der Waals surface area contributed by atoms with Crippen LogP contribution in [-0.4, -0.2) is 37.6 Å². The molecule has 4 aromatic heterocycles. The van der Waals surface area contributed by atoms with Crippen LogP contribution < -0.4 is 5.73 Å². The van der Waals surface area contributed by atoms with Gasteiger partial charge in [-0.15, -0.1) is 0 Å². The molecule has 0 unspecified atom stereocenters. The number of nitrogens with zero attached hydrogens (tertiary/aromatic N) is 5. The van der Waals surface area contributed by atoms with Crippen molar-refractivity contribution in [3.05, 3.63) is 65.5 Å². The Kier molecular flexibility index (Phi) is 4.75. The number of pyridine rings is 1. The fraction of sp³-hybridized carbons (Fsp3) is 0.348. The van der Waals surface area contributed by atoms with Gasteiger partial charge in [-0.3, -0.25) is 9.88 Å². The molecule has 30 heavy (non-hydrogen) atoms. The molecule has 5 rings (SSSR count). The van der Waals surface area contributed by atoms with E-state index < -0.39 is 0 Å². The molecule has 0 spiro atoms. The highest BCUT2D eigenvalue weighted by Crippen LogP contribution is 2.31. The summed E-state index contributed by atoms with van der Waals surface area (Å²) in [6.07, 6.45) is 5.91. The fourth-order valence-electron chi connectivity index (χ4n) is 4.38. The van der Waals surface area contributed by atoms with Crippen LogP contribution in [0, 0.1) is 13.8 Å². The number of fused-ring (bicyclic) bond motifs is 1. The van der Waals surface area contributed by atoms with Crippen LogP contribution in [0.3, 0.4) is 0 Å². The van der Waals surface area contributed by atoms with Gasteiger partial charge in [-0.2, -0.15) is 9.61 Å². The first-order valence-corrected chi connectivity index (χ1v) is 10.4. The highest BCUT2D eigenvalue weighted by Gasteiger charge is 2.23. The van der Waals surface area contributed by atoms with Gasteiger partial charge in [-0.1, -0.05) is 6.07 Å². The van der Waals surface area contributed by atoms with Crippen molar-refractivity contribution in [3.63, 3.8) is 0 Å². The largest absolute Gasteiger partial charge is 0.466 e. The first-order chi connectivity index (χ1) is 14.6. The van der Waals surface area contributed by atoms with E-state index in [9.17, 15) is 0 Å². The number of anilines is 1. The van der Waals surface area contributed by atoms with Crippen molar-refractivity contribution in [1.29, 1.82) is 0 Å². The molecule has 5 heterocycles. The minimum atomic E-state index is 0.415. The minimum Gasteiger partial charge on any atom is -0.466 e. The summed E-state index contributed by atoms with van der Waals surface area (Å²) in [6.45, 7) is 6.94. The Hall–Kier alpha value is -3.19. The Balaban J connectivity index is 1.34. The van der Waals surface area contributed by atoms with E-state index in [1.165, 1.54) is 5.56 Å². The number of aryl methyl sites for hydroxylation is 2. The summed E-state index contributed by atoms with van der Waals surface area (Å²) in [6, 6.07) is 10.1. The molecule has 0 aromatic carbocycles. The maximum Gasteiger partial charge on any atom is 0.158 e. The number of furan rings is 1. The van der Waals surface area contributed by atoms with Gasteiger partial charge < -0.3 is 10.2 Å². The second-order valence-corrected chi connectivity index (χ2v) is 8.14. The molecule has 0 amide bonds. The van der Waals surface area contributed by atoms with Gasteiger partial charge in [0.25, 0.3) is 0 Å². The van der Waals surface area contributed by atoms with E-state index in [0.717, 1.165) is 66.6 Å². The van der Waals surface area contributed by atoms with Gasteiger partial charge in [0.15, 0.2) is 5.65 Å². The van der Waals surface area contributed by atoms with Crippen molar-refractivity contribution < 1.29 is 4.42 Å². The lowest BCUT2D eigenvalue weighted by Crippen LogP contribution is -2.32. The minimum absolute atomic E-state index is 0.415. The molecular weight excluding hydrogens is 376 g/mol. The maximum absolute atomic E-state index is 6.35. The monoisotopic (exact) mass is 402 g/mol. The van der Waals surface area contributed by atoms with Crippen molar-refractivity contribution in [2.75, 3.05) is 18.8 Å². The quantitative estimate of drug-likeness (QED) is 0.556. The summed E-state index contributed by atoms with van der Waals surface area (Å²) in [7, 11) is 0. The highest BCUT2D eigenvalue weighted by molar-refractivity contribution is 5.67. The third-order valence-electron chi connectivity index (χ3n) is 5.93. The number of hydrogen-bond donors (Lipinski definition) is 1. The molecule has 1 aliphatic rings. The second-order valence-electron chi connectivity index (χ2n) is 8.14. The molecule has 2 N–H and O–H groups in total. The molecule has 0 saturated carbocycles. The molecule has 0 atom stereocenters. The van der Waals surface area contributed by atoms with Crippen LogP contribution in [0.2, 0.25) is 0 Å². The van der Waals surface area contributed by atoms with Gasteiger partial charge in [0.05, 0.1) is 5.69 Å². The van der Waals surface area contributed by atoms with Crippen molar-refractivity contribution in [2.24, 2.45) is 0 Å². The molecule has 1 aliphatic heterocycles. The molecule has 1 saturated heterocycles. The third-order valence-corrected chi connectivity index (χ3v) is 5.93. The molecule has 154 valence electrons. The van der Waals surface area contributed by atoms with E-state index in [1.54, 1.807) is 4.52 Å². The maximum atomic E-state index is 6.35. The predicted molar refractivity (Wildman–Crippen MR) is 116 cm³/mol. The van der Waals surface area contributed by atoms with Crippen LogP contribution in [0.5, 0.6) is 0 Å². The molecule has 1 fully saturated rings. The van der Waals surface area contributed by atoms with Crippen LogP contribution in [0.1, 0.15) is 41.5 Å². The van der Waals surface area contributed by atoms with Crippen LogP contribution in [0.4, 0.5) is 5.82 Å². The lowest BCUT2D eigenvalue weighted by molar-refractivity contribution is 0.203. The van der Waals surface area contributed by atoms with Gasteiger partial charge in [0.2, 0.25) is 0 Å². The first-order valence-electron chi connectivity index (χ1n) is 10.4. The Morgan fingerprint density at radius 1 is 1.17 bits per heavy atom. The summed E-state index contributed by atoms with van der Waals surface area (Å²) < 4.78 is 7.38. The normalized spacial score (nSPS) is 15.8. The standard InChI is InChI=1S/C23H26N6O/c1-15-10-19(16(2)30-15)21-12-23-26-20(11-22(24)29(23)27-21)18-5-8-28(9-6-18)14-17-4-3-7-25-13-17/h3-4,7,10-13,18H,5-6,8-9,14,24H2,1-2H3. The summed E-state index contributed by atoms with van der Waals surface area (Å²) >= 11 is 0. The zero-order valence-electron chi connectivity index (χ0n) is 17.4. The van der Waals surface area contributed by atoms with E-state index in [0.29, 0.717) is 11.7 Å². The summed E-state index contributed by atoms with van der Waals surface area (Å²) in [5.41, 5.74) is 11.3. The van der Waals surface area contributed by atoms with E-state index >= 15 is 0 Å². The van der Waals surface area contributed by atoms with Crippen molar-refractivity contribution in [2.45, 2.75) is 39.2 Å². The molecule has 7 nitrogen and oxygen atoms in total. The fourth-order valence-corrected chi connectivity index (χ4v) is 4.38. The van der Waals surface area contributed by atoms with Crippen molar-refractivity contribution >= 4 is 11.5 Å². The number of nitrogens with two attached hydrogens (primary N) is 1. The average molecular weight is 403 g/mol. The van der Waals surface area contributed by atoms with Gasteiger partial charge in [-0.25, -0.2) is 4.98 Å². The topological polar surface area (TPSA) is 85.5 Å². The van der Waals surface area contributed by atoms with Crippen LogP contribution in [-0.2, 0) is 6.54 Å². The van der Waals surface area contributed by atoms with Crippen LogP contribution in [0.25, 0.3) is 16.9 Å². The summed E-state index contributed by atoms with van der Waals surface area (Å²) in [5.74, 6) is 2.77. The number of rotatable bonds is 4. The lowest BCUT2D eigenvalue weighted by Gasteiger charge is -2.31. The van der Waals surface area contributed by atoms with E-state index in [2.05, 4.69) is 21.0 Å². The first kappa shape index (κ1) is 18.8. The van der Waals surface area contributed by atoms with Crippen molar-refractivity contribution in [1.82, 2.24) is 24.5 Å². The molecule has 4 aromatic rings. The molecule has 0 aliphatic carbocycles. The summed E-state index contributed by atoms with van der Waals surface area (Å²) in [4.78, 5) is 11.6. The van der Waals surface area contributed by atoms with Gasteiger partial charge in [0.1, 0.15) is 17.3 Å². The predicted octanol–water partition coefficient (Wildman–Crippen LogP) is 3.96. The lowest BCUT2D eigenvalue weighted by atomic mass is 9.93. The van der Waals surface area contributed by atoms with Gasteiger partial charge in [0, 0.05) is 48.2 Å². The summed E-state index contributed by atoms with van der Waals surface area (Å²) in [5, 5.41) is 4.66. The van der Waals surface area contributed by atoms with Gasteiger partial charge in [-0.05, 0) is 57.5 Å². The SMILES string of the molecule is Cc1cc(-c2cc3nc(C4CCN(Cc5cccnc5)CC4)cc(N)n3n2)c(C)o1. The Labute approximate surface area is 175 Å². The van der Waals surface area contributed by atoms with E-state index in [4.69, 9.17) is 15.1 Å². The van der Waals surface area contributed by atoms with Crippen LogP contribution in [0.15, 0.2) is 47.1 Å². The zero-order valence-corrected chi connectivity index (χ0v) is 17.4. The second kappa shape index (κ2) is 7.57. The van der Waals surface area contributed by atoms with E-state index in [-0.39, 0.29) is 0 Å². The number of likely N-dealkylation sites (tertiary alicyclic amines) is 1. The molecular formula is C23H26N6O. The van der Waals surface area contributed by atoms with Gasteiger partial charge >= 0.3 is 0 Å². The Bertz CT molecular complexity index is 1170. The average Bonchev–Trinajstić information content (AvgIpc) is 3.32.